The molecule has 2 rings (SSSR count). The fourth-order valence-corrected chi connectivity index (χ4v) is 1.35. The van der Waals surface area contributed by atoms with Gasteiger partial charge in [0.15, 0.2) is 11.6 Å². The fourth-order valence-electron chi connectivity index (χ4n) is 1.35. The third kappa shape index (κ3) is 1.37. The molecule has 0 radical (unpaired) electrons. The zero-order valence-corrected chi connectivity index (χ0v) is 7.59. The molecule has 4 N–H and O–H groups in total. The minimum Gasteiger partial charge on any atom is -0.382 e. The maximum Gasteiger partial charge on any atom is 0.155 e. The molecule has 0 aliphatic carbocycles. The first-order valence-electron chi connectivity index (χ1n) is 4.45. The summed E-state index contributed by atoms with van der Waals surface area (Å²) in [5.41, 5.74) is 6.60. The van der Waals surface area contributed by atoms with Gasteiger partial charge in [-0.05, 0) is 0 Å². The summed E-state index contributed by atoms with van der Waals surface area (Å²) in [6, 6.07) is 0. The summed E-state index contributed by atoms with van der Waals surface area (Å²) in [6.45, 7) is 3.76. The molecule has 0 amide bonds. The van der Waals surface area contributed by atoms with Gasteiger partial charge in [-0.15, -0.1) is 0 Å². The van der Waals surface area contributed by atoms with Gasteiger partial charge in [-0.25, -0.2) is 9.97 Å². The van der Waals surface area contributed by atoms with Crippen molar-refractivity contribution in [3.63, 3.8) is 0 Å². The number of nitrogen functional groups attached to an aromatic ring is 1. The monoisotopic (exact) mass is 179 g/mol. The number of nitrogens with one attached hydrogen (secondary N) is 2. The Labute approximate surface area is 76.8 Å². The van der Waals surface area contributed by atoms with Gasteiger partial charge in [0, 0.05) is 19.5 Å². The van der Waals surface area contributed by atoms with E-state index in [9.17, 15) is 0 Å². The molecule has 0 bridgehead atoms. The lowest BCUT2D eigenvalue weighted by Crippen LogP contribution is -2.23. The van der Waals surface area contributed by atoms with Crippen LogP contribution in [0.3, 0.4) is 0 Å². The largest absolute Gasteiger partial charge is 0.382 e. The second-order valence-electron chi connectivity index (χ2n) is 2.96. The number of nitrogens with zero attached hydrogens (tertiary/aromatic N) is 2. The second kappa shape index (κ2) is 3.08. The standard InChI is InChI=1S/C8H13N5/c1-2-5-12-7(9)6-8(13-5)11-4-3-10-6/h10H,2-4H2,1H3,(H3,9,11,12,13). The van der Waals surface area contributed by atoms with Crippen molar-refractivity contribution in [2.45, 2.75) is 13.3 Å². The molecule has 1 aliphatic heterocycles. The topological polar surface area (TPSA) is 75.9 Å². The summed E-state index contributed by atoms with van der Waals surface area (Å²) in [5, 5.41) is 6.35. The van der Waals surface area contributed by atoms with Gasteiger partial charge in [-0.1, -0.05) is 6.92 Å². The quantitative estimate of drug-likeness (QED) is 0.584. The highest BCUT2D eigenvalue weighted by Gasteiger charge is 2.14. The van der Waals surface area contributed by atoms with Gasteiger partial charge in [-0.3, -0.25) is 0 Å². The predicted octanol–water partition coefficient (Wildman–Crippen LogP) is 0.459. The molecule has 70 valence electrons. The Balaban J connectivity index is 2.47. The van der Waals surface area contributed by atoms with E-state index in [1.54, 1.807) is 0 Å². The van der Waals surface area contributed by atoms with E-state index in [1.165, 1.54) is 0 Å². The molecule has 5 heteroatoms. The summed E-state index contributed by atoms with van der Waals surface area (Å²) in [6.07, 6.45) is 0.805. The summed E-state index contributed by atoms with van der Waals surface area (Å²) < 4.78 is 0. The first-order valence-corrected chi connectivity index (χ1v) is 4.45. The second-order valence-corrected chi connectivity index (χ2v) is 2.96. The number of hydrogen-bond donors (Lipinski definition) is 3. The highest BCUT2D eigenvalue weighted by atomic mass is 15.1. The molecule has 0 saturated carbocycles. The summed E-state index contributed by atoms with van der Waals surface area (Å²) >= 11 is 0. The Hall–Kier alpha value is -1.52. The minimum atomic E-state index is 0.536. The molecule has 1 aromatic rings. The normalized spacial score (nSPS) is 14.2. The van der Waals surface area contributed by atoms with Crippen LogP contribution in [0.15, 0.2) is 0 Å². The van der Waals surface area contributed by atoms with Crippen molar-refractivity contribution in [3.8, 4) is 0 Å². The fraction of sp³-hybridized carbons (Fsp3) is 0.500. The van der Waals surface area contributed by atoms with Crippen LogP contribution in [0.25, 0.3) is 0 Å². The maximum atomic E-state index is 5.76. The van der Waals surface area contributed by atoms with Crippen molar-refractivity contribution in [1.82, 2.24) is 9.97 Å². The van der Waals surface area contributed by atoms with E-state index in [0.29, 0.717) is 5.82 Å². The van der Waals surface area contributed by atoms with Gasteiger partial charge in [-0.2, -0.15) is 0 Å². The van der Waals surface area contributed by atoms with E-state index in [4.69, 9.17) is 5.73 Å². The summed E-state index contributed by atoms with van der Waals surface area (Å²) in [7, 11) is 0. The number of anilines is 3. The van der Waals surface area contributed by atoms with Crippen LogP contribution in [0.4, 0.5) is 17.3 Å². The predicted molar refractivity (Wildman–Crippen MR) is 52.8 cm³/mol. The molecule has 0 fully saturated rings. The van der Waals surface area contributed by atoms with Crippen molar-refractivity contribution in [2.24, 2.45) is 0 Å². The molecule has 0 unspecified atom stereocenters. The number of fused-ring (bicyclic) bond motifs is 1. The molecule has 1 aliphatic rings. The molecule has 0 saturated heterocycles. The summed E-state index contributed by atoms with van der Waals surface area (Å²) in [5.74, 6) is 2.15. The minimum absolute atomic E-state index is 0.536. The Morgan fingerprint density at radius 3 is 2.85 bits per heavy atom. The van der Waals surface area contributed by atoms with E-state index in [0.717, 1.165) is 36.8 Å². The highest BCUT2D eigenvalue weighted by Crippen LogP contribution is 2.26. The first-order chi connectivity index (χ1) is 6.31. The summed E-state index contributed by atoms with van der Waals surface area (Å²) in [4.78, 5) is 8.50. The lowest BCUT2D eigenvalue weighted by molar-refractivity contribution is 0.919. The van der Waals surface area contributed by atoms with Gasteiger partial charge in [0.1, 0.15) is 11.5 Å². The van der Waals surface area contributed by atoms with Crippen LogP contribution >= 0.6 is 0 Å². The first kappa shape index (κ1) is 8.10. The van der Waals surface area contributed by atoms with Gasteiger partial charge in [0.05, 0.1) is 0 Å². The van der Waals surface area contributed by atoms with Gasteiger partial charge in [0.2, 0.25) is 0 Å². The Morgan fingerprint density at radius 2 is 2.08 bits per heavy atom. The van der Waals surface area contributed by atoms with Crippen LogP contribution in [0.5, 0.6) is 0 Å². The van der Waals surface area contributed by atoms with Gasteiger partial charge < -0.3 is 16.4 Å². The Morgan fingerprint density at radius 1 is 1.31 bits per heavy atom. The Kier molecular flexibility index (Phi) is 1.92. The molecule has 1 aromatic heterocycles. The average molecular weight is 179 g/mol. The molecule has 0 atom stereocenters. The third-order valence-corrected chi connectivity index (χ3v) is 2.02. The molecular weight excluding hydrogens is 166 g/mol. The third-order valence-electron chi connectivity index (χ3n) is 2.02. The van der Waals surface area contributed by atoms with E-state index in [2.05, 4.69) is 20.6 Å². The van der Waals surface area contributed by atoms with Crippen molar-refractivity contribution in [3.05, 3.63) is 5.82 Å². The number of aromatic nitrogens is 2. The van der Waals surface area contributed by atoms with Crippen LogP contribution < -0.4 is 16.4 Å². The van der Waals surface area contributed by atoms with Gasteiger partial charge in [0.25, 0.3) is 0 Å². The van der Waals surface area contributed by atoms with Crippen LogP contribution in [0.2, 0.25) is 0 Å². The van der Waals surface area contributed by atoms with Crippen molar-refractivity contribution in [1.29, 1.82) is 0 Å². The van der Waals surface area contributed by atoms with Crippen molar-refractivity contribution >= 4 is 17.3 Å². The molecule has 13 heavy (non-hydrogen) atoms. The van der Waals surface area contributed by atoms with E-state index < -0.39 is 0 Å². The number of rotatable bonds is 1. The number of aryl methyl sites for hydroxylation is 1. The smallest absolute Gasteiger partial charge is 0.155 e. The van der Waals surface area contributed by atoms with Crippen molar-refractivity contribution in [2.75, 3.05) is 29.5 Å². The lowest BCUT2D eigenvalue weighted by atomic mass is 10.3. The van der Waals surface area contributed by atoms with Gasteiger partial charge >= 0.3 is 0 Å². The average Bonchev–Trinajstić information content (AvgIpc) is 2.18. The van der Waals surface area contributed by atoms with E-state index in [1.807, 2.05) is 6.92 Å². The number of nitrogens with two attached hydrogens (primary N) is 1. The SMILES string of the molecule is CCc1nc(N)c2c(n1)NCCN2. The molecule has 0 aromatic carbocycles. The number of hydrogen-bond acceptors (Lipinski definition) is 5. The van der Waals surface area contributed by atoms with Crippen molar-refractivity contribution < 1.29 is 0 Å². The Bertz CT molecular complexity index is 323. The lowest BCUT2D eigenvalue weighted by Gasteiger charge is -2.20. The van der Waals surface area contributed by atoms with Crippen LogP contribution in [0, 0.1) is 0 Å². The van der Waals surface area contributed by atoms with Crippen LogP contribution in [-0.4, -0.2) is 23.1 Å². The zero-order chi connectivity index (χ0) is 9.26. The van der Waals surface area contributed by atoms with E-state index >= 15 is 0 Å². The highest BCUT2D eigenvalue weighted by molar-refractivity contribution is 5.76. The van der Waals surface area contributed by atoms with Crippen LogP contribution in [0.1, 0.15) is 12.7 Å². The molecule has 5 nitrogen and oxygen atoms in total. The maximum absolute atomic E-state index is 5.76. The zero-order valence-electron chi connectivity index (χ0n) is 7.59. The molecule has 2 heterocycles. The van der Waals surface area contributed by atoms with E-state index in [-0.39, 0.29) is 0 Å². The molecule has 0 spiro atoms. The van der Waals surface area contributed by atoms with Crippen LogP contribution in [-0.2, 0) is 6.42 Å². The molecular formula is C8H13N5.